The summed E-state index contributed by atoms with van der Waals surface area (Å²) in [6.45, 7) is 4.56. The molecule has 4 heteroatoms. The summed E-state index contributed by atoms with van der Waals surface area (Å²) >= 11 is 0. The second kappa shape index (κ2) is 6.32. The summed E-state index contributed by atoms with van der Waals surface area (Å²) in [7, 11) is 1.65. The molecule has 24 heavy (non-hydrogen) atoms. The average molecular weight is 330 g/mol. The molecule has 2 bridgehead atoms. The van der Waals surface area contributed by atoms with Gasteiger partial charge in [0.15, 0.2) is 12.4 Å². The average Bonchev–Trinajstić information content (AvgIpc) is 2.66. The van der Waals surface area contributed by atoms with E-state index in [-0.39, 0.29) is 6.04 Å². The molecule has 3 nitrogen and oxygen atoms in total. The number of rotatable bonds is 4. The van der Waals surface area contributed by atoms with E-state index in [1.807, 2.05) is 30.5 Å². The topological polar surface area (TPSA) is 27.8 Å². The first kappa shape index (κ1) is 15.8. The van der Waals surface area contributed by atoms with E-state index in [0.29, 0.717) is 5.92 Å². The second-order valence-corrected chi connectivity index (χ2v) is 7.42. The van der Waals surface area contributed by atoms with Crippen molar-refractivity contribution in [1.82, 2.24) is 0 Å². The molecular formula is C20H27FN2O+2. The highest BCUT2D eigenvalue weighted by Crippen LogP contribution is 2.36. The van der Waals surface area contributed by atoms with Crippen LogP contribution in [0.15, 0.2) is 30.5 Å². The minimum atomic E-state index is -0.912. The van der Waals surface area contributed by atoms with Crippen molar-refractivity contribution < 1.29 is 19.0 Å². The van der Waals surface area contributed by atoms with E-state index in [0.717, 1.165) is 47.6 Å². The van der Waals surface area contributed by atoms with Gasteiger partial charge in [-0.15, -0.1) is 0 Å². The maximum Gasteiger partial charge on any atom is 0.211 e. The lowest BCUT2D eigenvalue weighted by atomic mass is 9.73. The number of aromatic amines is 1. The molecule has 3 aliphatic heterocycles. The van der Waals surface area contributed by atoms with Gasteiger partial charge in [0.1, 0.15) is 11.8 Å². The Hall–Kier alpha value is -1.68. The number of benzene rings is 1. The third-order valence-electron chi connectivity index (χ3n) is 6.32. The van der Waals surface area contributed by atoms with Gasteiger partial charge in [0, 0.05) is 36.5 Å². The molecule has 1 aromatic carbocycles. The summed E-state index contributed by atoms with van der Waals surface area (Å²) in [5.74, 6) is 2.28. The van der Waals surface area contributed by atoms with Gasteiger partial charge in [0.2, 0.25) is 5.52 Å². The number of piperidine rings is 3. The Balaban J connectivity index is 1.68. The van der Waals surface area contributed by atoms with E-state index in [4.69, 9.17) is 4.74 Å². The molecule has 1 aromatic heterocycles. The smallest absolute Gasteiger partial charge is 0.211 e. The fourth-order valence-corrected chi connectivity index (χ4v) is 4.94. The lowest BCUT2D eigenvalue weighted by Crippen LogP contribution is -3.19. The zero-order chi connectivity index (χ0) is 16.7. The normalized spacial score (nSPS) is 30.5. The lowest BCUT2D eigenvalue weighted by Gasteiger charge is -2.47. The van der Waals surface area contributed by atoms with Crippen LogP contribution in [-0.2, 0) is 0 Å². The summed E-state index contributed by atoms with van der Waals surface area (Å²) in [4.78, 5) is 4.69. The van der Waals surface area contributed by atoms with Crippen molar-refractivity contribution in [2.24, 2.45) is 11.8 Å². The summed E-state index contributed by atoms with van der Waals surface area (Å²) in [6, 6.07) is 7.85. The number of halogens is 1. The Bertz CT molecular complexity index is 735. The molecule has 1 unspecified atom stereocenters. The SMILES string of the molecule is CC[C@H]1C[NH+]2CC[C@H]1C[C@@H]2[C@@H](F)c1cc[nH+]c2ccc(OC)cc12. The molecular weight excluding hydrogens is 303 g/mol. The molecule has 4 heterocycles. The summed E-state index contributed by atoms with van der Waals surface area (Å²) in [5, 5.41) is 0.943. The van der Waals surface area contributed by atoms with Crippen molar-refractivity contribution in [2.75, 3.05) is 20.2 Å². The van der Waals surface area contributed by atoms with E-state index >= 15 is 4.39 Å². The highest BCUT2D eigenvalue weighted by atomic mass is 19.1. The molecule has 2 aromatic rings. The van der Waals surface area contributed by atoms with Crippen molar-refractivity contribution in [3.63, 3.8) is 0 Å². The molecule has 0 saturated carbocycles. The van der Waals surface area contributed by atoms with Crippen molar-refractivity contribution in [1.29, 1.82) is 0 Å². The third-order valence-corrected chi connectivity index (χ3v) is 6.32. The fraction of sp³-hybridized carbons (Fsp3) is 0.550. The van der Waals surface area contributed by atoms with Crippen LogP contribution >= 0.6 is 0 Å². The summed E-state index contributed by atoms with van der Waals surface area (Å²) < 4.78 is 20.9. The number of H-pyrrole nitrogens is 1. The van der Waals surface area contributed by atoms with Crippen LogP contribution in [0.2, 0.25) is 0 Å². The van der Waals surface area contributed by atoms with E-state index in [2.05, 4.69) is 11.9 Å². The first-order valence-corrected chi connectivity index (χ1v) is 9.18. The highest BCUT2D eigenvalue weighted by molar-refractivity contribution is 5.81. The number of hydrogen-bond donors (Lipinski definition) is 1. The van der Waals surface area contributed by atoms with E-state index in [1.54, 1.807) is 7.11 Å². The van der Waals surface area contributed by atoms with Gasteiger partial charge in [-0.3, -0.25) is 0 Å². The van der Waals surface area contributed by atoms with Gasteiger partial charge >= 0.3 is 0 Å². The quantitative estimate of drug-likeness (QED) is 0.916. The molecule has 3 aliphatic rings. The van der Waals surface area contributed by atoms with Gasteiger partial charge in [0.25, 0.3) is 0 Å². The molecule has 2 N–H and O–H groups in total. The molecule has 0 spiro atoms. The number of fused-ring (bicyclic) bond motifs is 4. The molecule has 3 fully saturated rings. The zero-order valence-electron chi connectivity index (χ0n) is 14.5. The van der Waals surface area contributed by atoms with Crippen LogP contribution in [0.25, 0.3) is 10.9 Å². The van der Waals surface area contributed by atoms with Crippen LogP contribution in [0.3, 0.4) is 0 Å². The van der Waals surface area contributed by atoms with Crippen molar-refractivity contribution in [2.45, 2.75) is 38.4 Å². The molecule has 0 radical (unpaired) electrons. The molecule has 3 saturated heterocycles. The second-order valence-electron chi connectivity index (χ2n) is 7.42. The number of ether oxygens (including phenoxy) is 1. The van der Waals surface area contributed by atoms with E-state index < -0.39 is 6.17 Å². The third kappa shape index (κ3) is 2.57. The monoisotopic (exact) mass is 330 g/mol. The summed E-state index contributed by atoms with van der Waals surface area (Å²) in [5.41, 5.74) is 1.77. The first-order valence-electron chi connectivity index (χ1n) is 9.18. The molecule has 0 amide bonds. The van der Waals surface area contributed by atoms with Gasteiger partial charge in [-0.25, -0.2) is 9.37 Å². The molecule has 0 aliphatic carbocycles. The van der Waals surface area contributed by atoms with E-state index in [9.17, 15) is 0 Å². The van der Waals surface area contributed by atoms with Crippen molar-refractivity contribution in [3.05, 3.63) is 36.0 Å². The Morgan fingerprint density at radius 1 is 1.38 bits per heavy atom. The van der Waals surface area contributed by atoms with E-state index in [1.165, 1.54) is 17.7 Å². The molecule has 5 atom stereocenters. The van der Waals surface area contributed by atoms with Crippen molar-refractivity contribution >= 4 is 10.9 Å². The number of pyridine rings is 1. The fourth-order valence-electron chi connectivity index (χ4n) is 4.94. The number of hydrogen-bond acceptors (Lipinski definition) is 1. The van der Waals surface area contributed by atoms with Gasteiger partial charge in [-0.2, -0.15) is 0 Å². The Kier molecular flexibility index (Phi) is 4.17. The lowest BCUT2D eigenvalue weighted by molar-refractivity contribution is -0.950. The van der Waals surface area contributed by atoms with Gasteiger partial charge < -0.3 is 9.64 Å². The molecule has 5 rings (SSSR count). The van der Waals surface area contributed by atoms with Gasteiger partial charge in [-0.05, 0) is 24.5 Å². The summed E-state index contributed by atoms with van der Waals surface area (Å²) in [6.07, 6.45) is 4.48. The van der Waals surface area contributed by atoms with Crippen LogP contribution in [-0.4, -0.2) is 26.2 Å². The number of alkyl halides is 1. The van der Waals surface area contributed by atoms with Gasteiger partial charge in [0.05, 0.1) is 25.6 Å². The Labute approximate surface area is 142 Å². The van der Waals surface area contributed by atoms with Crippen LogP contribution < -0.4 is 14.6 Å². The van der Waals surface area contributed by atoms with Gasteiger partial charge in [-0.1, -0.05) is 6.92 Å². The number of nitrogens with one attached hydrogen (secondary N) is 2. The van der Waals surface area contributed by atoms with Crippen LogP contribution in [0, 0.1) is 11.8 Å². The van der Waals surface area contributed by atoms with Crippen LogP contribution in [0.5, 0.6) is 5.75 Å². The first-order chi connectivity index (χ1) is 11.7. The number of methoxy groups -OCH3 is 1. The minimum absolute atomic E-state index is 0.100. The zero-order valence-corrected chi connectivity index (χ0v) is 14.5. The Morgan fingerprint density at radius 2 is 2.25 bits per heavy atom. The minimum Gasteiger partial charge on any atom is -0.497 e. The highest BCUT2D eigenvalue weighted by Gasteiger charge is 2.46. The predicted octanol–water partition coefficient (Wildman–Crippen LogP) is 2.38. The molecule has 128 valence electrons. The largest absolute Gasteiger partial charge is 0.497 e. The maximum absolute atomic E-state index is 15.6. The van der Waals surface area contributed by atoms with Crippen LogP contribution in [0.4, 0.5) is 4.39 Å². The maximum atomic E-state index is 15.6. The standard InChI is InChI=1S/C20H25FN2O/c1-3-13-12-23-9-7-14(13)10-19(23)20(21)16-6-8-22-18-5-4-15(24-2)11-17(16)18/h4-6,8,11,13-14,19-20H,3,7,9-10,12H2,1-2H3/p+2/t13-,14-,19+,20-/m0/s1. The van der Waals surface area contributed by atoms with Crippen molar-refractivity contribution in [3.8, 4) is 5.75 Å². The van der Waals surface area contributed by atoms with Crippen LogP contribution in [0.1, 0.15) is 37.9 Å². The number of aromatic nitrogens is 1. The number of quaternary nitrogens is 1. The predicted molar refractivity (Wildman–Crippen MR) is 91.9 cm³/mol. The Morgan fingerprint density at radius 3 is 2.96 bits per heavy atom.